The summed E-state index contributed by atoms with van der Waals surface area (Å²) in [4.78, 5) is 12.8. The fourth-order valence-electron chi connectivity index (χ4n) is 2.84. The summed E-state index contributed by atoms with van der Waals surface area (Å²) in [6.07, 6.45) is 4.71. The van der Waals surface area contributed by atoms with Gasteiger partial charge in [-0.3, -0.25) is 4.79 Å². The van der Waals surface area contributed by atoms with Crippen molar-refractivity contribution in [1.82, 2.24) is 20.6 Å². The Morgan fingerprint density at radius 1 is 1.15 bits per heavy atom. The first-order valence-corrected chi connectivity index (χ1v) is 6.92. The summed E-state index contributed by atoms with van der Waals surface area (Å²) in [5, 5.41) is 17.2. The van der Waals surface area contributed by atoms with E-state index in [0.29, 0.717) is 5.82 Å². The number of nitrogens with one attached hydrogen (secondary N) is 2. The molecular formula is C14H17N5O. The molecule has 2 aromatic rings. The Bertz CT molecular complexity index is 561. The molecule has 0 spiro atoms. The van der Waals surface area contributed by atoms with Crippen LogP contribution in [0, 0.1) is 0 Å². The zero-order chi connectivity index (χ0) is 13.8. The van der Waals surface area contributed by atoms with Gasteiger partial charge in [-0.25, -0.2) is 0 Å². The number of hydrogen-bond acceptors (Lipinski definition) is 4. The number of aromatic nitrogens is 4. The van der Waals surface area contributed by atoms with Gasteiger partial charge in [0.2, 0.25) is 5.91 Å². The van der Waals surface area contributed by atoms with Gasteiger partial charge >= 0.3 is 0 Å². The van der Waals surface area contributed by atoms with E-state index in [1.165, 1.54) is 0 Å². The van der Waals surface area contributed by atoms with Crippen LogP contribution in [0.15, 0.2) is 30.3 Å². The number of nitrogens with zero attached hydrogens (tertiary/aromatic N) is 3. The normalized spacial score (nSPS) is 17.6. The van der Waals surface area contributed by atoms with Crippen LogP contribution in [0.25, 0.3) is 0 Å². The predicted octanol–water partition coefficient (Wildman–Crippen LogP) is 2.04. The third-order valence-electron chi connectivity index (χ3n) is 3.95. The summed E-state index contributed by atoms with van der Waals surface area (Å²) in [6.45, 7) is 0. The van der Waals surface area contributed by atoms with Crippen LogP contribution in [-0.2, 0) is 10.2 Å². The zero-order valence-corrected chi connectivity index (χ0v) is 11.2. The van der Waals surface area contributed by atoms with Crippen LogP contribution in [0.2, 0.25) is 0 Å². The molecule has 0 bridgehead atoms. The highest BCUT2D eigenvalue weighted by molar-refractivity contribution is 5.98. The lowest BCUT2D eigenvalue weighted by atomic mass is 9.72. The fraction of sp³-hybridized carbons (Fsp3) is 0.429. The van der Waals surface area contributed by atoms with Crippen LogP contribution < -0.4 is 5.32 Å². The molecular weight excluding hydrogens is 254 g/mol. The molecule has 0 atom stereocenters. The molecule has 6 nitrogen and oxygen atoms in total. The standard InChI is InChI=1S/C14H17N5O/c20-13(15-11-7-3-1-4-8-11)14(9-5-2-6-10-14)12-16-18-19-17-12/h1,3-4,7-8H,2,5-6,9-10H2,(H,15,20)(H,16,17,18,19). The summed E-state index contributed by atoms with van der Waals surface area (Å²) < 4.78 is 0. The molecule has 1 saturated carbocycles. The van der Waals surface area contributed by atoms with E-state index in [0.717, 1.165) is 37.8 Å². The van der Waals surface area contributed by atoms with Crippen molar-refractivity contribution in [3.8, 4) is 0 Å². The molecule has 104 valence electrons. The molecule has 0 unspecified atom stereocenters. The quantitative estimate of drug-likeness (QED) is 0.894. The van der Waals surface area contributed by atoms with Crippen LogP contribution in [-0.4, -0.2) is 26.5 Å². The second-order valence-electron chi connectivity index (χ2n) is 5.20. The molecule has 1 aromatic carbocycles. The Morgan fingerprint density at radius 3 is 2.55 bits per heavy atom. The number of hydrogen-bond donors (Lipinski definition) is 2. The Morgan fingerprint density at radius 2 is 1.90 bits per heavy atom. The van der Waals surface area contributed by atoms with E-state index in [9.17, 15) is 4.79 Å². The highest BCUT2D eigenvalue weighted by atomic mass is 16.2. The maximum absolute atomic E-state index is 12.8. The first-order chi connectivity index (χ1) is 9.81. The number of H-pyrrole nitrogens is 1. The van der Waals surface area contributed by atoms with Gasteiger partial charge in [-0.1, -0.05) is 42.7 Å². The third kappa shape index (κ3) is 2.29. The smallest absolute Gasteiger partial charge is 0.238 e. The van der Waals surface area contributed by atoms with Gasteiger partial charge in [0.15, 0.2) is 5.82 Å². The van der Waals surface area contributed by atoms with E-state index in [2.05, 4.69) is 25.9 Å². The van der Waals surface area contributed by atoms with Gasteiger partial charge in [0.05, 0.1) is 0 Å². The Hall–Kier alpha value is -2.24. The Labute approximate surface area is 117 Å². The van der Waals surface area contributed by atoms with Gasteiger partial charge in [0.25, 0.3) is 0 Å². The maximum Gasteiger partial charge on any atom is 0.238 e. The molecule has 0 saturated heterocycles. The Balaban J connectivity index is 1.88. The molecule has 1 aromatic heterocycles. The number of benzene rings is 1. The third-order valence-corrected chi connectivity index (χ3v) is 3.95. The first-order valence-electron chi connectivity index (χ1n) is 6.92. The second kappa shape index (κ2) is 5.40. The van der Waals surface area contributed by atoms with E-state index in [1.54, 1.807) is 0 Å². The minimum atomic E-state index is -0.652. The van der Waals surface area contributed by atoms with Crippen LogP contribution in [0.1, 0.15) is 37.9 Å². The summed E-state index contributed by atoms with van der Waals surface area (Å²) in [5.74, 6) is 0.468. The SMILES string of the molecule is O=C(Nc1ccccc1)C1(c2nn[nH]n2)CCCCC1. The average Bonchev–Trinajstić information content (AvgIpc) is 3.04. The largest absolute Gasteiger partial charge is 0.325 e. The molecule has 20 heavy (non-hydrogen) atoms. The zero-order valence-electron chi connectivity index (χ0n) is 11.2. The van der Waals surface area contributed by atoms with Crippen LogP contribution in [0.5, 0.6) is 0 Å². The summed E-state index contributed by atoms with van der Waals surface area (Å²) in [6, 6.07) is 9.48. The number of para-hydroxylation sites is 1. The van der Waals surface area contributed by atoms with Gasteiger partial charge in [0, 0.05) is 5.69 Å². The van der Waals surface area contributed by atoms with E-state index < -0.39 is 5.41 Å². The van der Waals surface area contributed by atoms with Crippen molar-refractivity contribution >= 4 is 11.6 Å². The summed E-state index contributed by atoms with van der Waals surface area (Å²) in [5.41, 5.74) is 0.145. The van der Waals surface area contributed by atoms with Gasteiger partial charge < -0.3 is 5.32 Å². The van der Waals surface area contributed by atoms with Crippen molar-refractivity contribution in [2.45, 2.75) is 37.5 Å². The number of tetrazole rings is 1. The van der Waals surface area contributed by atoms with E-state index in [1.807, 2.05) is 30.3 Å². The number of amides is 1. The van der Waals surface area contributed by atoms with Gasteiger partial charge in [-0.15, -0.1) is 10.2 Å². The molecule has 3 rings (SSSR count). The lowest BCUT2D eigenvalue weighted by Crippen LogP contribution is -2.43. The highest BCUT2D eigenvalue weighted by Gasteiger charge is 2.44. The first kappa shape index (κ1) is 12.8. The number of carbonyl (C=O) groups is 1. The molecule has 1 aliphatic rings. The van der Waals surface area contributed by atoms with Crippen molar-refractivity contribution in [3.05, 3.63) is 36.2 Å². The molecule has 1 amide bonds. The van der Waals surface area contributed by atoms with Crippen molar-refractivity contribution in [2.24, 2.45) is 0 Å². The van der Waals surface area contributed by atoms with Crippen molar-refractivity contribution in [1.29, 1.82) is 0 Å². The maximum atomic E-state index is 12.8. The van der Waals surface area contributed by atoms with Crippen molar-refractivity contribution < 1.29 is 4.79 Å². The van der Waals surface area contributed by atoms with E-state index in [-0.39, 0.29) is 5.91 Å². The van der Waals surface area contributed by atoms with Gasteiger partial charge in [0.1, 0.15) is 5.41 Å². The van der Waals surface area contributed by atoms with Gasteiger partial charge in [-0.05, 0) is 25.0 Å². The fourth-order valence-corrected chi connectivity index (χ4v) is 2.84. The van der Waals surface area contributed by atoms with E-state index in [4.69, 9.17) is 0 Å². The minimum Gasteiger partial charge on any atom is -0.325 e. The lowest BCUT2D eigenvalue weighted by Gasteiger charge is -2.32. The van der Waals surface area contributed by atoms with E-state index >= 15 is 0 Å². The van der Waals surface area contributed by atoms with Crippen molar-refractivity contribution in [3.63, 3.8) is 0 Å². The molecule has 1 aliphatic carbocycles. The monoisotopic (exact) mass is 271 g/mol. The van der Waals surface area contributed by atoms with Crippen molar-refractivity contribution in [2.75, 3.05) is 5.32 Å². The molecule has 0 aliphatic heterocycles. The average molecular weight is 271 g/mol. The number of rotatable bonds is 3. The molecule has 1 fully saturated rings. The summed E-state index contributed by atoms with van der Waals surface area (Å²) >= 11 is 0. The van der Waals surface area contributed by atoms with Crippen LogP contribution in [0.4, 0.5) is 5.69 Å². The molecule has 2 N–H and O–H groups in total. The van der Waals surface area contributed by atoms with Crippen LogP contribution in [0.3, 0.4) is 0 Å². The summed E-state index contributed by atoms with van der Waals surface area (Å²) in [7, 11) is 0. The predicted molar refractivity (Wildman–Crippen MR) is 74.0 cm³/mol. The molecule has 6 heteroatoms. The van der Waals surface area contributed by atoms with Crippen LogP contribution >= 0.6 is 0 Å². The number of anilines is 1. The lowest BCUT2D eigenvalue weighted by molar-refractivity contribution is -0.123. The second-order valence-corrected chi connectivity index (χ2v) is 5.20. The molecule has 0 radical (unpaired) electrons. The Kier molecular flexibility index (Phi) is 3.45. The number of carbonyl (C=O) groups excluding carboxylic acids is 1. The number of aromatic amines is 1. The molecule has 1 heterocycles. The topological polar surface area (TPSA) is 83.6 Å². The minimum absolute atomic E-state index is 0.0372. The van der Waals surface area contributed by atoms with Gasteiger partial charge in [-0.2, -0.15) is 5.21 Å². The highest BCUT2D eigenvalue weighted by Crippen LogP contribution is 2.38.